The van der Waals surface area contributed by atoms with Gasteiger partial charge in [0.2, 0.25) is 0 Å². The molecule has 0 amide bonds. The van der Waals surface area contributed by atoms with Crippen LogP contribution in [0.4, 0.5) is 15.8 Å². The van der Waals surface area contributed by atoms with Crippen molar-refractivity contribution in [2.45, 2.75) is 25.6 Å². The minimum Gasteiger partial charge on any atom is -0.367 e. The van der Waals surface area contributed by atoms with Gasteiger partial charge in [0.15, 0.2) is 6.29 Å². The molecule has 1 saturated heterocycles. The van der Waals surface area contributed by atoms with Gasteiger partial charge >= 0.3 is 0 Å². The van der Waals surface area contributed by atoms with Crippen molar-refractivity contribution in [3.63, 3.8) is 0 Å². The monoisotopic (exact) mass is 434 g/mol. The summed E-state index contributed by atoms with van der Waals surface area (Å²) in [6.45, 7) is 3.15. The Bertz CT molecular complexity index is 1040. The summed E-state index contributed by atoms with van der Waals surface area (Å²) in [5, 5.41) is 7.12. The smallest absolute Gasteiger partial charge is 0.179 e. The van der Waals surface area contributed by atoms with Crippen molar-refractivity contribution >= 4 is 17.2 Å². The van der Waals surface area contributed by atoms with Crippen LogP contribution < -0.4 is 15.5 Å². The second kappa shape index (κ2) is 8.82. The Labute approximate surface area is 189 Å². The highest BCUT2D eigenvalue weighted by molar-refractivity contribution is 5.94. The lowest BCUT2D eigenvalue weighted by molar-refractivity contribution is 0.168. The molecular formula is C25H31FN6. The zero-order chi connectivity index (χ0) is 22.1. The number of amidine groups is 1. The summed E-state index contributed by atoms with van der Waals surface area (Å²) in [5.74, 6) is 1.71. The largest absolute Gasteiger partial charge is 0.367 e. The molecule has 0 bridgehead atoms. The van der Waals surface area contributed by atoms with Gasteiger partial charge < -0.3 is 20.4 Å². The Morgan fingerprint density at radius 2 is 1.81 bits per heavy atom. The van der Waals surface area contributed by atoms with Gasteiger partial charge in [-0.05, 0) is 54.7 Å². The second-order valence-electron chi connectivity index (χ2n) is 8.89. The molecule has 5 rings (SSSR count). The number of benzene rings is 2. The Hall–Kier alpha value is -3.06. The molecule has 2 heterocycles. The lowest BCUT2D eigenvalue weighted by Gasteiger charge is -2.40. The van der Waals surface area contributed by atoms with E-state index in [1.165, 1.54) is 30.0 Å². The minimum atomic E-state index is -0.159. The maximum Gasteiger partial charge on any atom is 0.179 e. The maximum absolute atomic E-state index is 14.2. The van der Waals surface area contributed by atoms with Gasteiger partial charge in [-0.25, -0.2) is 9.38 Å². The van der Waals surface area contributed by atoms with Crippen molar-refractivity contribution in [3.8, 4) is 0 Å². The van der Waals surface area contributed by atoms with Gasteiger partial charge in [-0.15, -0.1) is 0 Å². The van der Waals surface area contributed by atoms with Crippen molar-refractivity contribution in [2.75, 3.05) is 50.5 Å². The molecular weight excluding hydrogens is 403 g/mol. The van der Waals surface area contributed by atoms with Crippen LogP contribution in [0.25, 0.3) is 0 Å². The fraction of sp³-hybridized carbons (Fsp3) is 0.400. The molecule has 6 nitrogen and oxygen atoms in total. The Balaban J connectivity index is 1.28. The van der Waals surface area contributed by atoms with Crippen LogP contribution in [0, 0.1) is 5.82 Å². The number of fused-ring (bicyclic) bond motifs is 1. The van der Waals surface area contributed by atoms with Crippen LogP contribution in [0.2, 0.25) is 0 Å². The summed E-state index contributed by atoms with van der Waals surface area (Å²) in [6.07, 6.45) is 5.50. The molecule has 32 heavy (non-hydrogen) atoms. The number of aliphatic imine (C=N–C) groups is 1. The molecule has 1 aliphatic carbocycles. The molecule has 1 atom stereocenters. The zero-order valence-corrected chi connectivity index (χ0v) is 18.8. The number of halogens is 1. The van der Waals surface area contributed by atoms with E-state index in [9.17, 15) is 4.39 Å². The van der Waals surface area contributed by atoms with Crippen LogP contribution in [-0.4, -0.2) is 62.2 Å². The number of piperazine rings is 1. The van der Waals surface area contributed by atoms with E-state index in [-0.39, 0.29) is 12.1 Å². The zero-order valence-electron chi connectivity index (χ0n) is 18.8. The van der Waals surface area contributed by atoms with Crippen LogP contribution >= 0.6 is 0 Å². The van der Waals surface area contributed by atoms with Gasteiger partial charge in [0.1, 0.15) is 17.5 Å². The fourth-order valence-electron chi connectivity index (χ4n) is 4.72. The van der Waals surface area contributed by atoms with Crippen LogP contribution in [-0.2, 0) is 12.8 Å². The standard InChI is InChI=1S/C25H31FN6/c1-30(2)24-17-23(27-20-11-10-18-6-5-7-19(18)16-20)28-25(29-24)32-14-12-31(13-15-32)22-9-4-3-8-21(22)26/h3-4,8-11,16-17,25,27-28H,5-7,12-15H2,1-2H3. The topological polar surface area (TPSA) is 46.1 Å². The lowest BCUT2D eigenvalue weighted by atomic mass is 10.1. The number of rotatable bonds is 4. The van der Waals surface area contributed by atoms with Crippen LogP contribution in [0.15, 0.2) is 59.4 Å². The van der Waals surface area contributed by atoms with E-state index in [2.05, 4.69) is 44.7 Å². The van der Waals surface area contributed by atoms with Crippen LogP contribution in [0.5, 0.6) is 0 Å². The van der Waals surface area contributed by atoms with E-state index >= 15 is 0 Å². The van der Waals surface area contributed by atoms with Gasteiger partial charge in [-0.2, -0.15) is 0 Å². The molecule has 0 spiro atoms. The Morgan fingerprint density at radius 1 is 1.03 bits per heavy atom. The van der Waals surface area contributed by atoms with Crippen LogP contribution in [0.1, 0.15) is 17.5 Å². The first-order valence-electron chi connectivity index (χ1n) is 11.4. The summed E-state index contributed by atoms with van der Waals surface area (Å²) >= 11 is 0. The van der Waals surface area contributed by atoms with E-state index in [1.807, 2.05) is 31.1 Å². The molecule has 2 aliphatic heterocycles. The summed E-state index contributed by atoms with van der Waals surface area (Å²) in [4.78, 5) is 11.4. The number of hydrogen-bond acceptors (Lipinski definition) is 6. The number of nitrogens with zero attached hydrogens (tertiary/aromatic N) is 4. The average Bonchev–Trinajstić information content (AvgIpc) is 3.27. The molecule has 2 aromatic carbocycles. The van der Waals surface area contributed by atoms with Crippen LogP contribution in [0.3, 0.4) is 0 Å². The highest BCUT2D eigenvalue weighted by Gasteiger charge is 2.27. The molecule has 2 aromatic rings. The highest BCUT2D eigenvalue weighted by atomic mass is 19.1. The molecule has 168 valence electrons. The molecule has 7 heteroatoms. The number of hydrogen-bond donors (Lipinski definition) is 2. The highest BCUT2D eigenvalue weighted by Crippen LogP contribution is 2.26. The predicted octanol–water partition coefficient (Wildman–Crippen LogP) is 3.24. The lowest BCUT2D eigenvalue weighted by Crippen LogP contribution is -2.56. The third-order valence-electron chi connectivity index (χ3n) is 6.50. The third kappa shape index (κ3) is 4.30. The summed E-state index contributed by atoms with van der Waals surface area (Å²) in [5.41, 5.74) is 4.71. The molecule has 3 aliphatic rings. The number of nitrogens with one attached hydrogen (secondary N) is 2. The van der Waals surface area contributed by atoms with E-state index < -0.39 is 0 Å². The first-order valence-corrected chi connectivity index (χ1v) is 11.4. The fourth-order valence-corrected chi connectivity index (χ4v) is 4.72. The molecule has 1 fully saturated rings. The van der Waals surface area contributed by atoms with Gasteiger partial charge in [-0.1, -0.05) is 18.2 Å². The van der Waals surface area contributed by atoms with Gasteiger partial charge in [0.05, 0.1) is 5.69 Å². The minimum absolute atomic E-state index is 0.155. The van der Waals surface area contributed by atoms with Gasteiger partial charge in [-0.3, -0.25) is 4.90 Å². The maximum atomic E-state index is 14.2. The average molecular weight is 435 g/mol. The normalized spacial score (nSPS) is 20.8. The quantitative estimate of drug-likeness (QED) is 0.774. The van der Waals surface area contributed by atoms with Crippen molar-refractivity contribution in [3.05, 3.63) is 71.3 Å². The molecule has 0 saturated carbocycles. The second-order valence-corrected chi connectivity index (χ2v) is 8.89. The van der Waals surface area contributed by atoms with E-state index in [4.69, 9.17) is 4.99 Å². The Kier molecular flexibility index (Phi) is 5.74. The van der Waals surface area contributed by atoms with Gasteiger partial charge in [0, 0.05) is 52.0 Å². The third-order valence-corrected chi connectivity index (χ3v) is 6.50. The first-order chi connectivity index (χ1) is 15.6. The molecule has 0 radical (unpaired) electrons. The SMILES string of the molecule is CN(C)C1=NC(N2CCN(c3ccccc3F)CC2)NC(Nc2ccc3c(c2)CCC3)=C1. The predicted molar refractivity (Wildman–Crippen MR) is 128 cm³/mol. The Morgan fingerprint density at radius 3 is 2.59 bits per heavy atom. The van der Waals surface area contributed by atoms with E-state index in [0.29, 0.717) is 5.69 Å². The number of aryl methyl sites for hydroxylation is 2. The van der Waals surface area contributed by atoms with Gasteiger partial charge in [0.25, 0.3) is 0 Å². The molecule has 1 unspecified atom stereocenters. The number of anilines is 2. The van der Waals surface area contributed by atoms with E-state index in [1.54, 1.807) is 6.07 Å². The number of likely N-dealkylation sites (N-methyl/N-ethyl adjacent to an activating group) is 1. The first kappa shape index (κ1) is 20.8. The van der Waals surface area contributed by atoms with E-state index in [0.717, 1.165) is 49.9 Å². The van der Waals surface area contributed by atoms with Crippen molar-refractivity contribution in [1.82, 2.24) is 15.1 Å². The summed E-state index contributed by atoms with van der Waals surface area (Å²) in [7, 11) is 4.03. The number of para-hydroxylation sites is 1. The summed E-state index contributed by atoms with van der Waals surface area (Å²) < 4.78 is 14.2. The molecule has 2 N–H and O–H groups in total. The molecule has 0 aromatic heterocycles. The van der Waals surface area contributed by atoms with Crippen molar-refractivity contribution in [2.24, 2.45) is 4.99 Å². The summed E-state index contributed by atoms with van der Waals surface area (Å²) in [6, 6.07) is 13.7. The van der Waals surface area contributed by atoms with Crippen molar-refractivity contribution in [1.29, 1.82) is 0 Å². The van der Waals surface area contributed by atoms with Crippen molar-refractivity contribution < 1.29 is 4.39 Å².